The number of nitro groups is 1. The second-order valence-electron chi connectivity index (χ2n) is 7.16. The number of aromatic nitrogens is 1. The van der Waals surface area contributed by atoms with Crippen LogP contribution in [0.25, 0.3) is 0 Å². The van der Waals surface area contributed by atoms with Crippen molar-refractivity contribution >= 4 is 51.2 Å². The van der Waals surface area contributed by atoms with Crippen LogP contribution < -0.4 is 4.90 Å². The molecule has 0 saturated carbocycles. The Morgan fingerprint density at radius 2 is 1.58 bits per heavy atom. The van der Waals surface area contributed by atoms with Crippen molar-refractivity contribution in [3.63, 3.8) is 0 Å². The molecule has 0 aliphatic rings. The highest BCUT2D eigenvalue weighted by Gasteiger charge is 2.38. The fourth-order valence-corrected chi connectivity index (χ4v) is 2.05. The van der Waals surface area contributed by atoms with E-state index in [2.05, 4.69) is 20.9 Å². The van der Waals surface area contributed by atoms with Crippen molar-refractivity contribution in [3.05, 3.63) is 25.8 Å². The van der Waals surface area contributed by atoms with Crippen molar-refractivity contribution in [1.82, 2.24) is 4.98 Å². The Balaban J connectivity index is 3.55. The first-order valence-electron chi connectivity index (χ1n) is 7.39. The quantitative estimate of drug-likeness (QED) is 0.349. The van der Waals surface area contributed by atoms with Gasteiger partial charge in [0.25, 0.3) is 0 Å². The third-order valence-corrected chi connectivity index (χ3v) is 3.58. The van der Waals surface area contributed by atoms with Crippen LogP contribution in [0.3, 0.4) is 0 Å². The lowest BCUT2D eigenvalue weighted by atomic mass is 10.2. The average molecular weight is 453 g/mol. The van der Waals surface area contributed by atoms with Crippen LogP contribution in [0.15, 0.2) is 10.5 Å². The summed E-state index contributed by atoms with van der Waals surface area (Å²) in [5, 5.41) is 11.2. The predicted molar refractivity (Wildman–Crippen MR) is 98.5 cm³/mol. The number of pyridine rings is 1. The molecule has 0 aliphatic heterocycles. The van der Waals surface area contributed by atoms with Crippen molar-refractivity contribution in [3.8, 4) is 0 Å². The Morgan fingerprint density at radius 3 is 1.92 bits per heavy atom. The molecule has 0 aromatic carbocycles. The van der Waals surface area contributed by atoms with Gasteiger partial charge in [0.1, 0.15) is 16.4 Å². The molecule has 0 bridgehead atoms. The Labute approximate surface area is 163 Å². The molecule has 1 aromatic heterocycles. The van der Waals surface area contributed by atoms with E-state index in [4.69, 9.17) is 21.1 Å². The van der Waals surface area contributed by atoms with Crippen molar-refractivity contribution in [1.29, 1.82) is 0 Å². The van der Waals surface area contributed by atoms with E-state index in [1.165, 1.54) is 0 Å². The molecule has 0 spiro atoms. The first kappa shape index (κ1) is 22.1. The number of nitrogens with zero attached hydrogens (tertiary/aromatic N) is 3. The monoisotopic (exact) mass is 451 g/mol. The van der Waals surface area contributed by atoms with E-state index in [0.717, 1.165) is 6.07 Å². The molecular weight excluding hydrogens is 434 g/mol. The van der Waals surface area contributed by atoms with E-state index in [-0.39, 0.29) is 9.63 Å². The summed E-state index contributed by atoms with van der Waals surface area (Å²) >= 11 is 8.92. The summed E-state index contributed by atoms with van der Waals surface area (Å²) in [5.74, 6) is -0.605. The zero-order chi connectivity index (χ0) is 20.4. The molecule has 0 fully saturated rings. The highest BCUT2D eigenvalue weighted by molar-refractivity contribution is 9.10. The Bertz CT molecular complexity index is 714. The summed E-state index contributed by atoms with van der Waals surface area (Å²) in [6.07, 6.45) is -2.36. The number of ether oxygens (including phenoxy) is 2. The highest BCUT2D eigenvalue weighted by Crippen LogP contribution is 2.34. The number of rotatable bonds is 2. The number of imide groups is 1. The van der Waals surface area contributed by atoms with Gasteiger partial charge in [0.2, 0.25) is 5.82 Å². The zero-order valence-electron chi connectivity index (χ0n) is 15.1. The van der Waals surface area contributed by atoms with Crippen LogP contribution in [0.5, 0.6) is 0 Å². The van der Waals surface area contributed by atoms with Gasteiger partial charge in [-0.3, -0.25) is 10.1 Å². The van der Waals surface area contributed by atoms with Gasteiger partial charge in [-0.2, -0.15) is 4.90 Å². The summed E-state index contributed by atoms with van der Waals surface area (Å²) in [6.45, 7) is 9.47. The lowest BCUT2D eigenvalue weighted by Gasteiger charge is -2.27. The second-order valence-corrected chi connectivity index (χ2v) is 8.37. The Kier molecular flexibility index (Phi) is 6.59. The summed E-state index contributed by atoms with van der Waals surface area (Å²) in [5.41, 5.74) is -2.56. The SMILES string of the molecule is CC(C)(C)OC(=O)N(C(=O)OC(C)(C)C)c1nc(Cl)c(Br)cc1[N+](=O)[O-]. The summed E-state index contributed by atoms with van der Waals surface area (Å²) in [4.78, 5) is 39.8. The maximum absolute atomic E-state index is 12.5. The molecular formula is C15H19BrClN3O6. The van der Waals surface area contributed by atoms with E-state index in [0.29, 0.717) is 4.90 Å². The van der Waals surface area contributed by atoms with E-state index >= 15 is 0 Å². The van der Waals surface area contributed by atoms with Gasteiger partial charge in [-0.25, -0.2) is 14.6 Å². The Hall–Kier alpha value is -1.94. The predicted octanol–water partition coefficient (Wildman–Crippen LogP) is 5.08. The smallest absolute Gasteiger partial charge is 0.426 e. The fraction of sp³-hybridized carbons (Fsp3) is 0.533. The zero-order valence-corrected chi connectivity index (χ0v) is 17.5. The second kappa shape index (κ2) is 7.75. The standard InChI is InChI=1S/C15H19BrClN3O6/c1-14(2,3)25-12(21)19(13(22)26-15(4,5)6)11-9(20(23)24)7-8(16)10(17)18-11/h7H,1-6H3. The van der Waals surface area contributed by atoms with Gasteiger partial charge >= 0.3 is 17.9 Å². The minimum atomic E-state index is -1.18. The van der Waals surface area contributed by atoms with Crippen LogP contribution >= 0.6 is 27.5 Å². The van der Waals surface area contributed by atoms with Gasteiger partial charge in [0.05, 0.1) is 9.40 Å². The molecule has 0 radical (unpaired) electrons. The van der Waals surface area contributed by atoms with E-state index in [9.17, 15) is 19.7 Å². The third-order valence-electron chi connectivity index (χ3n) is 2.45. The molecule has 0 aliphatic carbocycles. The van der Waals surface area contributed by atoms with Gasteiger partial charge in [-0.1, -0.05) is 11.6 Å². The molecule has 0 saturated heterocycles. The molecule has 26 heavy (non-hydrogen) atoms. The normalized spacial score (nSPS) is 11.7. The highest BCUT2D eigenvalue weighted by atomic mass is 79.9. The van der Waals surface area contributed by atoms with Gasteiger partial charge in [0.15, 0.2) is 0 Å². The Morgan fingerprint density at radius 1 is 1.15 bits per heavy atom. The number of carbonyl (C=O) groups excluding carboxylic acids is 2. The summed E-state index contributed by atoms with van der Waals surface area (Å²) in [7, 11) is 0. The van der Waals surface area contributed by atoms with E-state index in [1.807, 2.05) is 0 Å². The molecule has 1 aromatic rings. The molecule has 0 unspecified atom stereocenters. The van der Waals surface area contributed by atoms with Gasteiger partial charge in [0, 0.05) is 6.07 Å². The molecule has 144 valence electrons. The van der Waals surface area contributed by atoms with Crippen molar-refractivity contribution in [2.75, 3.05) is 4.90 Å². The number of hydrogen-bond donors (Lipinski definition) is 0. The van der Waals surface area contributed by atoms with Crippen molar-refractivity contribution in [2.45, 2.75) is 52.7 Å². The lowest BCUT2D eigenvalue weighted by molar-refractivity contribution is -0.384. The lowest BCUT2D eigenvalue weighted by Crippen LogP contribution is -2.44. The number of anilines is 1. The topological polar surface area (TPSA) is 112 Å². The van der Waals surface area contributed by atoms with Gasteiger partial charge in [-0.15, -0.1) is 0 Å². The molecule has 9 nitrogen and oxygen atoms in total. The van der Waals surface area contributed by atoms with Gasteiger partial charge in [-0.05, 0) is 57.5 Å². The molecule has 0 atom stereocenters. The van der Waals surface area contributed by atoms with E-state index < -0.39 is 39.8 Å². The van der Waals surface area contributed by atoms with Crippen LogP contribution in [0, 0.1) is 10.1 Å². The summed E-state index contributed by atoms with van der Waals surface area (Å²) < 4.78 is 10.5. The first-order valence-corrected chi connectivity index (χ1v) is 8.56. The molecule has 11 heteroatoms. The van der Waals surface area contributed by atoms with Crippen molar-refractivity contribution < 1.29 is 24.0 Å². The van der Waals surface area contributed by atoms with Crippen LogP contribution in [0.4, 0.5) is 21.1 Å². The fourth-order valence-electron chi connectivity index (χ4n) is 1.61. The van der Waals surface area contributed by atoms with Crippen LogP contribution in [-0.2, 0) is 9.47 Å². The van der Waals surface area contributed by atoms with Gasteiger partial charge < -0.3 is 9.47 Å². The van der Waals surface area contributed by atoms with Crippen LogP contribution in [0.1, 0.15) is 41.5 Å². The van der Waals surface area contributed by atoms with Crippen LogP contribution in [-0.4, -0.2) is 33.3 Å². The number of carbonyl (C=O) groups is 2. The third kappa shape index (κ3) is 6.10. The van der Waals surface area contributed by atoms with Crippen molar-refractivity contribution in [2.24, 2.45) is 0 Å². The number of halogens is 2. The first-order chi connectivity index (χ1) is 11.6. The summed E-state index contributed by atoms with van der Waals surface area (Å²) in [6, 6.07) is 1.03. The number of amides is 2. The molecule has 2 amide bonds. The molecule has 1 heterocycles. The average Bonchev–Trinajstić information content (AvgIpc) is 2.38. The minimum absolute atomic E-state index is 0.128. The maximum atomic E-state index is 12.5. The minimum Gasteiger partial charge on any atom is -0.443 e. The maximum Gasteiger partial charge on any atom is 0.426 e. The van der Waals surface area contributed by atoms with E-state index in [1.54, 1.807) is 41.5 Å². The number of hydrogen-bond acceptors (Lipinski definition) is 7. The molecule has 1 rings (SSSR count). The molecule has 0 N–H and O–H groups in total. The van der Waals surface area contributed by atoms with Crippen LogP contribution in [0.2, 0.25) is 5.15 Å². The largest absolute Gasteiger partial charge is 0.443 e.